The summed E-state index contributed by atoms with van der Waals surface area (Å²) in [6.07, 6.45) is 3.55. The SMILES string of the molecule is CCNC(=NCCCC(=O)NC1CC1)N(C)Cc1ccccc1Cl.I. The van der Waals surface area contributed by atoms with Gasteiger partial charge in [-0.25, -0.2) is 0 Å². The molecule has 0 spiro atoms. The minimum absolute atomic E-state index is 0. The predicted molar refractivity (Wildman–Crippen MR) is 115 cm³/mol. The van der Waals surface area contributed by atoms with Crippen molar-refractivity contribution in [2.45, 2.75) is 45.2 Å². The molecule has 5 nitrogen and oxygen atoms in total. The zero-order valence-corrected chi connectivity index (χ0v) is 18.0. The molecule has 25 heavy (non-hydrogen) atoms. The molecular weight excluding hydrogens is 451 g/mol. The average Bonchev–Trinajstić information content (AvgIpc) is 3.36. The van der Waals surface area contributed by atoms with Gasteiger partial charge in [-0.3, -0.25) is 9.79 Å². The third kappa shape index (κ3) is 8.27. The maximum absolute atomic E-state index is 11.7. The number of rotatable bonds is 8. The van der Waals surface area contributed by atoms with Crippen molar-refractivity contribution in [2.75, 3.05) is 20.1 Å². The van der Waals surface area contributed by atoms with E-state index >= 15 is 0 Å². The Morgan fingerprint density at radius 2 is 2.08 bits per heavy atom. The van der Waals surface area contributed by atoms with Gasteiger partial charge in [-0.2, -0.15) is 0 Å². The van der Waals surface area contributed by atoms with E-state index < -0.39 is 0 Å². The number of aliphatic imine (C=N–C) groups is 1. The maximum atomic E-state index is 11.7. The second-order valence-electron chi connectivity index (χ2n) is 6.13. The van der Waals surface area contributed by atoms with Crippen LogP contribution in [0.25, 0.3) is 0 Å². The average molecular weight is 479 g/mol. The fourth-order valence-corrected chi connectivity index (χ4v) is 2.57. The molecule has 1 aromatic rings. The number of nitrogens with one attached hydrogen (secondary N) is 2. The van der Waals surface area contributed by atoms with E-state index in [9.17, 15) is 4.79 Å². The van der Waals surface area contributed by atoms with Gasteiger partial charge >= 0.3 is 0 Å². The van der Waals surface area contributed by atoms with E-state index in [1.807, 2.05) is 38.2 Å². The number of carbonyl (C=O) groups excluding carboxylic acids is 1. The zero-order valence-electron chi connectivity index (χ0n) is 14.9. The van der Waals surface area contributed by atoms with Crippen LogP contribution in [0.3, 0.4) is 0 Å². The van der Waals surface area contributed by atoms with E-state index in [0.29, 0.717) is 25.6 Å². The van der Waals surface area contributed by atoms with Gasteiger partial charge in [0, 0.05) is 44.2 Å². The quantitative estimate of drug-likeness (QED) is 0.261. The van der Waals surface area contributed by atoms with Crippen LogP contribution in [-0.4, -0.2) is 42.9 Å². The molecule has 1 saturated carbocycles. The summed E-state index contributed by atoms with van der Waals surface area (Å²) in [4.78, 5) is 18.3. The molecule has 140 valence electrons. The van der Waals surface area contributed by atoms with Crippen molar-refractivity contribution in [2.24, 2.45) is 4.99 Å². The van der Waals surface area contributed by atoms with E-state index in [4.69, 9.17) is 11.6 Å². The second-order valence-corrected chi connectivity index (χ2v) is 6.54. The second kappa shape index (κ2) is 11.6. The van der Waals surface area contributed by atoms with Crippen LogP contribution < -0.4 is 10.6 Å². The van der Waals surface area contributed by atoms with Crippen LogP contribution in [0.4, 0.5) is 0 Å². The largest absolute Gasteiger partial charge is 0.357 e. The van der Waals surface area contributed by atoms with E-state index in [-0.39, 0.29) is 29.9 Å². The number of hydrogen-bond donors (Lipinski definition) is 2. The first-order chi connectivity index (χ1) is 11.6. The monoisotopic (exact) mass is 478 g/mol. The molecule has 0 aromatic heterocycles. The highest BCUT2D eigenvalue weighted by molar-refractivity contribution is 14.0. The molecule has 1 fully saturated rings. The molecule has 0 bridgehead atoms. The van der Waals surface area contributed by atoms with E-state index in [0.717, 1.165) is 42.4 Å². The van der Waals surface area contributed by atoms with Gasteiger partial charge in [-0.15, -0.1) is 24.0 Å². The molecule has 1 aliphatic rings. The lowest BCUT2D eigenvalue weighted by molar-refractivity contribution is -0.121. The number of carbonyl (C=O) groups is 1. The van der Waals surface area contributed by atoms with E-state index in [1.54, 1.807) is 0 Å². The molecule has 0 aliphatic heterocycles. The van der Waals surface area contributed by atoms with Crippen LogP contribution in [0.15, 0.2) is 29.3 Å². The number of benzene rings is 1. The highest BCUT2D eigenvalue weighted by Crippen LogP contribution is 2.18. The molecule has 0 heterocycles. The molecule has 0 unspecified atom stereocenters. The van der Waals surface area contributed by atoms with Gasteiger partial charge in [-0.1, -0.05) is 29.8 Å². The van der Waals surface area contributed by atoms with Crippen LogP contribution in [0, 0.1) is 0 Å². The fourth-order valence-electron chi connectivity index (χ4n) is 2.38. The highest BCUT2D eigenvalue weighted by Gasteiger charge is 2.22. The Bertz CT molecular complexity index is 578. The van der Waals surface area contributed by atoms with Gasteiger partial charge in [0.05, 0.1) is 0 Å². The molecule has 2 rings (SSSR count). The van der Waals surface area contributed by atoms with Crippen molar-refractivity contribution in [1.29, 1.82) is 0 Å². The molecule has 1 aliphatic carbocycles. The van der Waals surface area contributed by atoms with Gasteiger partial charge in [0.1, 0.15) is 0 Å². The normalized spacial score (nSPS) is 13.8. The van der Waals surface area contributed by atoms with Crippen molar-refractivity contribution in [1.82, 2.24) is 15.5 Å². The van der Waals surface area contributed by atoms with Gasteiger partial charge in [0.15, 0.2) is 5.96 Å². The first-order valence-electron chi connectivity index (χ1n) is 8.62. The first-order valence-corrected chi connectivity index (χ1v) is 9.00. The molecule has 1 aromatic carbocycles. The Labute approximate surface area is 172 Å². The molecular formula is C18H28ClIN4O. The topological polar surface area (TPSA) is 56.7 Å². The lowest BCUT2D eigenvalue weighted by Crippen LogP contribution is -2.38. The number of hydrogen-bond acceptors (Lipinski definition) is 2. The smallest absolute Gasteiger partial charge is 0.220 e. The van der Waals surface area contributed by atoms with Gasteiger partial charge in [0.25, 0.3) is 0 Å². The Balaban J connectivity index is 0.00000312. The fraction of sp³-hybridized carbons (Fsp3) is 0.556. The first kappa shape index (κ1) is 22.0. The number of amides is 1. The summed E-state index contributed by atoms with van der Waals surface area (Å²) in [6, 6.07) is 8.26. The molecule has 7 heteroatoms. The molecule has 0 radical (unpaired) electrons. The van der Waals surface area contributed by atoms with Crippen LogP contribution in [0.5, 0.6) is 0 Å². The van der Waals surface area contributed by atoms with Crippen molar-refractivity contribution in [3.05, 3.63) is 34.9 Å². The van der Waals surface area contributed by atoms with Crippen LogP contribution >= 0.6 is 35.6 Å². The minimum atomic E-state index is 0. The number of nitrogens with zero attached hydrogens (tertiary/aromatic N) is 2. The third-order valence-electron chi connectivity index (χ3n) is 3.83. The Morgan fingerprint density at radius 3 is 2.72 bits per heavy atom. The molecule has 0 atom stereocenters. The van der Waals surface area contributed by atoms with Crippen molar-refractivity contribution >= 4 is 47.4 Å². The standard InChI is InChI=1S/C18H27ClN4O.HI/c1-3-20-18(21-12-6-9-17(24)22-15-10-11-15)23(2)13-14-7-4-5-8-16(14)19;/h4-5,7-8,15H,3,6,9-13H2,1-2H3,(H,20,21)(H,22,24);1H. The third-order valence-corrected chi connectivity index (χ3v) is 4.20. The zero-order chi connectivity index (χ0) is 17.4. The molecule has 2 N–H and O–H groups in total. The van der Waals surface area contributed by atoms with Gasteiger partial charge in [-0.05, 0) is 37.8 Å². The highest BCUT2D eigenvalue weighted by atomic mass is 127. The predicted octanol–water partition coefficient (Wildman–Crippen LogP) is 3.41. The van der Waals surface area contributed by atoms with Gasteiger partial charge in [0.2, 0.25) is 5.91 Å². The van der Waals surface area contributed by atoms with Crippen LogP contribution in [0.1, 0.15) is 38.2 Å². The van der Waals surface area contributed by atoms with Crippen molar-refractivity contribution < 1.29 is 4.79 Å². The van der Waals surface area contributed by atoms with E-state index in [1.165, 1.54) is 0 Å². The number of halogens is 2. The minimum Gasteiger partial charge on any atom is -0.357 e. The summed E-state index contributed by atoms with van der Waals surface area (Å²) < 4.78 is 0. The Hall–Kier alpha value is -1.02. The van der Waals surface area contributed by atoms with Crippen LogP contribution in [-0.2, 0) is 11.3 Å². The van der Waals surface area contributed by atoms with Gasteiger partial charge < -0.3 is 15.5 Å². The van der Waals surface area contributed by atoms with Crippen molar-refractivity contribution in [3.63, 3.8) is 0 Å². The summed E-state index contributed by atoms with van der Waals surface area (Å²) in [5.41, 5.74) is 1.07. The lowest BCUT2D eigenvalue weighted by atomic mass is 10.2. The molecule has 1 amide bonds. The lowest BCUT2D eigenvalue weighted by Gasteiger charge is -2.22. The van der Waals surface area contributed by atoms with E-state index in [2.05, 4.69) is 20.5 Å². The Morgan fingerprint density at radius 1 is 1.36 bits per heavy atom. The summed E-state index contributed by atoms with van der Waals surface area (Å²) in [7, 11) is 1.99. The van der Waals surface area contributed by atoms with Crippen molar-refractivity contribution in [3.8, 4) is 0 Å². The summed E-state index contributed by atoms with van der Waals surface area (Å²) in [6.45, 7) is 4.16. The summed E-state index contributed by atoms with van der Waals surface area (Å²) in [5, 5.41) is 7.05. The maximum Gasteiger partial charge on any atom is 0.220 e. The molecule has 0 saturated heterocycles. The number of guanidine groups is 1. The summed E-state index contributed by atoms with van der Waals surface area (Å²) >= 11 is 6.23. The van der Waals surface area contributed by atoms with Crippen LogP contribution in [0.2, 0.25) is 5.02 Å². The Kier molecular flexibility index (Phi) is 10.2. The summed E-state index contributed by atoms with van der Waals surface area (Å²) in [5.74, 6) is 0.974.